The van der Waals surface area contributed by atoms with Crippen LogP contribution in [0.3, 0.4) is 0 Å². The summed E-state index contributed by atoms with van der Waals surface area (Å²) in [6.07, 6.45) is 7.04. The molecule has 6 rings (SSSR count). The van der Waals surface area contributed by atoms with Gasteiger partial charge in [-0.05, 0) is 36.6 Å². The summed E-state index contributed by atoms with van der Waals surface area (Å²) >= 11 is 0. The summed E-state index contributed by atoms with van der Waals surface area (Å²) < 4.78 is 27.6. The first-order chi connectivity index (χ1) is 16.7. The van der Waals surface area contributed by atoms with E-state index in [4.69, 9.17) is 10.7 Å². The molecule has 11 nitrogen and oxygen atoms in total. The van der Waals surface area contributed by atoms with Gasteiger partial charge < -0.3 is 15.6 Å². The fraction of sp³-hybridized carbons (Fsp3) is 0.261. The molecule has 0 spiro atoms. The smallest absolute Gasteiger partial charge is 0.271 e. The average molecular weight is 491 g/mol. The molecule has 1 aliphatic carbocycles. The summed E-state index contributed by atoms with van der Waals surface area (Å²) in [6.45, 7) is 0. The number of hydrogen-bond donors (Lipinski definition) is 2. The number of carbonyl (C=O) groups is 1. The number of hydrogen-bond acceptors (Lipinski definition) is 8. The van der Waals surface area contributed by atoms with E-state index in [9.17, 15) is 13.2 Å². The Balaban J connectivity index is 1.47. The third-order valence-electron chi connectivity index (χ3n) is 6.45. The molecule has 0 atom stereocenters. The van der Waals surface area contributed by atoms with Crippen molar-refractivity contribution in [3.63, 3.8) is 0 Å². The summed E-state index contributed by atoms with van der Waals surface area (Å²) in [5.74, 6) is -0.375. The molecule has 3 aromatic heterocycles. The molecule has 4 aromatic rings. The second-order valence-corrected chi connectivity index (χ2v) is 10.9. The second-order valence-electron chi connectivity index (χ2n) is 8.90. The number of imidazole rings is 1. The number of aromatic nitrogens is 5. The molecule has 0 bridgehead atoms. The molecule has 4 heterocycles. The van der Waals surface area contributed by atoms with Crippen LogP contribution >= 0.6 is 0 Å². The SMILES string of the molecule is CN1c2ccc(Nc3nc(C4CC4)c(-c4cncc5c4ncn5C)nc3C(N)=O)cc2CS1(=O)=O. The van der Waals surface area contributed by atoms with Crippen LogP contribution in [0.15, 0.2) is 36.9 Å². The Morgan fingerprint density at radius 2 is 1.97 bits per heavy atom. The lowest BCUT2D eigenvalue weighted by atomic mass is 10.1. The molecule has 178 valence electrons. The highest BCUT2D eigenvalue weighted by Crippen LogP contribution is 2.44. The Morgan fingerprint density at radius 1 is 1.17 bits per heavy atom. The summed E-state index contributed by atoms with van der Waals surface area (Å²) in [7, 11) is 0.0474. The summed E-state index contributed by atoms with van der Waals surface area (Å²) in [5, 5.41) is 3.15. The van der Waals surface area contributed by atoms with Crippen molar-refractivity contribution in [3.8, 4) is 11.3 Å². The minimum Gasteiger partial charge on any atom is -0.364 e. The van der Waals surface area contributed by atoms with Crippen molar-refractivity contribution < 1.29 is 13.2 Å². The number of anilines is 3. The zero-order chi connectivity index (χ0) is 24.5. The first-order valence-corrected chi connectivity index (χ1v) is 12.7. The molecular weight excluding hydrogens is 468 g/mol. The summed E-state index contributed by atoms with van der Waals surface area (Å²) in [5.41, 5.74) is 11.1. The van der Waals surface area contributed by atoms with Crippen molar-refractivity contribution in [1.29, 1.82) is 0 Å². The maximum Gasteiger partial charge on any atom is 0.271 e. The minimum atomic E-state index is -3.37. The molecule has 2 aliphatic rings. The standard InChI is InChI=1S/C23H22N8O3S/c1-30-11-26-19-15(8-25-9-17(19)30)20-18(12-3-4-12)29-23(21(28-20)22(24)32)27-14-5-6-16-13(7-14)10-35(33,34)31(16)2/h5-9,11-12H,3-4,10H2,1-2H3,(H2,24,32)(H,27,29). The molecule has 0 radical (unpaired) electrons. The first-order valence-electron chi connectivity index (χ1n) is 11.1. The normalized spacial score (nSPS) is 16.5. The van der Waals surface area contributed by atoms with E-state index in [0.29, 0.717) is 28.2 Å². The van der Waals surface area contributed by atoms with Gasteiger partial charge in [0.05, 0.1) is 40.9 Å². The van der Waals surface area contributed by atoms with Gasteiger partial charge in [0.2, 0.25) is 10.0 Å². The molecule has 1 aliphatic heterocycles. The number of amides is 1. The lowest BCUT2D eigenvalue weighted by Crippen LogP contribution is -2.20. The highest BCUT2D eigenvalue weighted by Gasteiger charge is 2.33. The fourth-order valence-corrected chi connectivity index (χ4v) is 5.72. The molecule has 0 unspecified atom stereocenters. The van der Waals surface area contributed by atoms with Crippen LogP contribution in [-0.4, -0.2) is 45.9 Å². The molecule has 1 amide bonds. The van der Waals surface area contributed by atoms with Crippen molar-refractivity contribution in [1.82, 2.24) is 24.5 Å². The van der Waals surface area contributed by atoms with Crippen molar-refractivity contribution >= 4 is 44.2 Å². The highest BCUT2D eigenvalue weighted by atomic mass is 32.2. The Labute approximate surface area is 201 Å². The largest absolute Gasteiger partial charge is 0.364 e. The van der Waals surface area contributed by atoms with Gasteiger partial charge in [0.1, 0.15) is 5.52 Å². The molecule has 35 heavy (non-hydrogen) atoms. The number of benzene rings is 1. The van der Waals surface area contributed by atoms with Crippen LogP contribution in [-0.2, 0) is 22.8 Å². The van der Waals surface area contributed by atoms with E-state index in [1.54, 1.807) is 36.9 Å². The molecule has 3 N–H and O–H groups in total. The van der Waals surface area contributed by atoms with Crippen molar-refractivity contribution in [3.05, 3.63) is 53.9 Å². The zero-order valence-corrected chi connectivity index (χ0v) is 19.9. The van der Waals surface area contributed by atoms with E-state index in [1.165, 1.54) is 11.4 Å². The predicted octanol–water partition coefficient (Wildman–Crippen LogP) is 2.42. The van der Waals surface area contributed by atoms with Gasteiger partial charge in [0, 0.05) is 37.5 Å². The van der Waals surface area contributed by atoms with Crippen LogP contribution in [0.2, 0.25) is 0 Å². The number of primary amides is 1. The Morgan fingerprint density at radius 3 is 2.71 bits per heavy atom. The number of nitrogens with zero attached hydrogens (tertiary/aromatic N) is 6. The number of aryl methyl sites for hydroxylation is 1. The van der Waals surface area contributed by atoms with Crippen LogP contribution in [0, 0.1) is 0 Å². The van der Waals surface area contributed by atoms with E-state index >= 15 is 0 Å². The number of rotatable bonds is 5. The van der Waals surface area contributed by atoms with E-state index in [0.717, 1.165) is 29.6 Å². The minimum absolute atomic E-state index is 0.0115. The van der Waals surface area contributed by atoms with E-state index in [1.807, 2.05) is 11.6 Å². The Hall–Kier alpha value is -4.06. The van der Waals surface area contributed by atoms with Gasteiger partial charge in [0.25, 0.3) is 5.91 Å². The van der Waals surface area contributed by atoms with Gasteiger partial charge in [-0.1, -0.05) is 0 Å². The third-order valence-corrected chi connectivity index (χ3v) is 8.16. The van der Waals surface area contributed by atoms with Crippen LogP contribution in [0.1, 0.15) is 40.5 Å². The quantitative estimate of drug-likeness (QED) is 0.433. The van der Waals surface area contributed by atoms with Gasteiger partial charge in [-0.15, -0.1) is 0 Å². The van der Waals surface area contributed by atoms with Gasteiger partial charge in [-0.3, -0.25) is 14.1 Å². The lowest BCUT2D eigenvalue weighted by molar-refractivity contribution is 0.0996. The Kier molecular flexibility index (Phi) is 4.58. The van der Waals surface area contributed by atoms with E-state index < -0.39 is 15.9 Å². The third kappa shape index (κ3) is 3.48. The van der Waals surface area contributed by atoms with Gasteiger partial charge in [0.15, 0.2) is 11.5 Å². The number of nitrogens with two attached hydrogens (primary N) is 1. The Bertz CT molecular complexity index is 1640. The van der Waals surface area contributed by atoms with E-state index in [2.05, 4.69) is 20.3 Å². The van der Waals surface area contributed by atoms with Crippen molar-refractivity contribution in [2.45, 2.75) is 24.5 Å². The molecule has 12 heteroatoms. The van der Waals surface area contributed by atoms with Crippen LogP contribution < -0.4 is 15.4 Å². The summed E-state index contributed by atoms with van der Waals surface area (Å²) in [4.78, 5) is 30.8. The van der Waals surface area contributed by atoms with E-state index in [-0.39, 0.29) is 23.2 Å². The summed E-state index contributed by atoms with van der Waals surface area (Å²) in [6, 6.07) is 5.21. The van der Waals surface area contributed by atoms with Crippen molar-refractivity contribution in [2.24, 2.45) is 12.8 Å². The molecule has 0 saturated heterocycles. The molecule has 1 fully saturated rings. The first kappa shape index (κ1) is 21.5. The number of nitrogens with one attached hydrogen (secondary N) is 1. The topological polar surface area (TPSA) is 149 Å². The fourth-order valence-electron chi connectivity index (χ4n) is 4.43. The lowest BCUT2D eigenvalue weighted by Gasteiger charge is -2.15. The maximum absolute atomic E-state index is 12.4. The zero-order valence-electron chi connectivity index (χ0n) is 19.1. The molecular formula is C23H22N8O3S. The van der Waals surface area contributed by atoms with Gasteiger partial charge in [-0.25, -0.2) is 23.4 Å². The van der Waals surface area contributed by atoms with Gasteiger partial charge in [-0.2, -0.15) is 0 Å². The number of pyridine rings is 1. The van der Waals surface area contributed by atoms with Crippen LogP contribution in [0.25, 0.3) is 22.3 Å². The monoisotopic (exact) mass is 490 g/mol. The number of fused-ring (bicyclic) bond motifs is 2. The van der Waals surface area contributed by atoms with Crippen LogP contribution in [0.4, 0.5) is 17.2 Å². The number of sulfonamides is 1. The number of carbonyl (C=O) groups excluding carboxylic acids is 1. The molecule has 1 aromatic carbocycles. The van der Waals surface area contributed by atoms with Crippen LogP contribution in [0.5, 0.6) is 0 Å². The predicted molar refractivity (Wildman–Crippen MR) is 131 cm³/mol. The highest BCUT2D eigenvalue weighted by molar-refractivity contribution is 7.92. The second kappa shape index (κ2) is 7.47. The maximum atomic E-state index is 12.4. The van der Waals surface area contributed by atoms with Gasteiger partial charge >= 0.3 is 0 Å². The van der Waals surface area contributed by atoms with Crippen molar-refractivity contribution in [2.75, 3.05) is 16.7 Å². The average Bonchev–Trinajstić information content (AvgIpc) is 3.56. The molecule has 1 saturated carbocycles.